The van der Waals surface area contributed by atoms with E-state index in [1.54, 1.807) is 43.4 Å². The van der Waals surface area contributed by atoms with Gasteiger partial charge < -0.3 is 29.5 Å². The maximum absolute atomic E-state index is 13.4. The number of aliphatic hydroxyl groups is 1. The van der Waals surface area contributed by atoms with Crippen molar-refractivity contribution >= 4 is 40.4 Å². The van der Waals surface area contributed by atoms with Gasteiger partial charge in [-0.15, -0.1) is 0 Å². The van der Waals surface area contributed by atoms with Crippen LogP contribution in [0.3, 0.4) is 0 Å². The van der Waals surface area contributed by atoms with Gasteiger partial charge in [-0.2, -0.15) is 0 Å². The first kappa shape index (κ1) is 23.7. The van der Waals surface area contributed by atoms with Crippen molar-refractivity contribution in [3.8, 4) is 17.2 Å². The number of nitrogens with zero attached hydrogens (tertiary/aromatic N) is 1. The first-order chi connectivity index (χ1) is 15.3. The third kappa shape index (κ3) is 4.76. The highest BCUT2D eigenvalue weighted by Gasteiger charge is 2.35. The van der Waals surface area contributed by atoms with Crippen molar-refractivity contribution in [2.24, 2.45) is 0 Å². The van der Waals surface area contributed by atoms with E-state index in [1.807, 2.05) is 19.1 Å². The molecule has 32 heavy (non-hydrogen) atoms. The molecule has 0 aliphatic carbocycles. The van der Waals surface area contributed by atoms with E-state index in [4.69, 9.17) is 38.0 Å². The molecule has 1 atom stereocenters. The lowest BCUT2D eigenvalue weighted by Crippen LogP contribution is -2.45. The molecule has 2 N–H and O–H groups in total. The molecule has 2 aromatic rings. The predicted molar refractivity (Wildman–Crippen MR) is 128 cm³/mol. The molecule has 0 bridgehead atoms. The number of thiocarbonyl (C=S) groups is 1. The Kier molecular flexibility index (Phi) is 7.48. The fourth-order valence-corrected chi connectivity index (χ4v) is 4.15. The number of hydrogen-bond acceptors (Lipinski definition) is 6. The average Bonchev–Trinajstić information content (AvgIpc) is 2.76. The molecule has 170 valence electrons. The van der Waals surface area contributed by atoms with Crippen LogP contribution in [0.1, 0.15) is 18.9 Å². The van der Waals surface area contributed by atoms with Crippen LogP contribution in [0.5, 0.6) is 17.2 Å². The Balaban J connectivity index is 1.88. The van der Waals surface area contributed by atoms with Crippen molar-refractivity contribution < 1.29 is 24.1 Å². The fraction of sp³-hybridized carbons (Fsp3) is 0.304. The maximum atomic E-state index is 13.4. The van der Waals surface area contributed by atoms with Crippen molar-refractivity contribution in [2.45, 2.75) is 25.9 Å². The minimum absolute atomic E-state index is 0.0487. The van der Waals surface area contributed by atoms with E-state index in [9.17, 15) is 9.90 Å². The fourth-order valence-electron chi connectivity index (χ4n) is 3.58. The summed E-state index contributed by atoms with van der Waals surface area (Å²) >= 11 is 11.7. The number of ether oxygens (including phenoxy) is 3. The van der Waals surface area contributed by atoms with Crippen LogP contribution in [0.25, 0.3) is 0 Å². The first-order valence-electron chi connectivity index (χ1n) is 9.88. The van der Waals surface area contributed by atoms with Crippen LogP contribution in [0.4, 0.5) is 5.69 Å². The van der Waals surface area contributed by atoms with Gasteiger partial charge in [0.05, 0.1) is 32.0 Å². The molecule has 3 rings (SSSR count). The smallest absolute Gasteiger partial charge is 0.260 e. The number of aliphatic hydroxyl groups excluding tert-OH is 1. The van der Waals surface area contributed by atoms with E-state index in [-0.39, 0.29) is 41.2 Å². The highest BCUT2D eigenvalue weighted by molar-refractivity contribution is 7.81. The number of halogens is 1. The lowest BCUT2D eigenvalue weighted by molar-refractivity contribution is -0.130. The first-order valence-corrected chi connectivity index (χ1v) is 10.7. The third-order valence-electron chi connectivity index (χ3n) is 5.27. The van der Waals surface area contributed by atoms with Crippen LogP contribution in [-0.2, 0) is 11.3 Å². The average molecular weight is 477 g/mol. The van der Waals surface area contributed by atoms with Gasteiger partial charge in [-0.25, -0.2) is 0 Å². The Hall–Kier alpha value is -2.97. The Morgan fingerprint density at radius 1 is 1.22 bits per heavy atom. The second kappa shape index (κ2) is 10.1. The van der Waals surface area contributed by atoms with E-state index < -0.39 is 0 Å². The summed E-state index contributed by atoms with van der Waals surface area (Å²) in [6.45, 7) is 2.16. The SMILES string of the molecule is COc1ccc(CN2C(=O)C(C(=S)Nc3cccc(Cl)c3OC)=C(O)CC2C)c(OC)c1. The lowest BCUT2D eigenvalue weighted by Gasteiger charge is -2.35. The monoisotopic (exact) mass is 476 g/mol. The van der Waals surface area contributed by atoms with Gasteiger partial charge in [-0.3, -0.25) is 4.79 Å². The summed E-state index contributed by atoms with van der Waals surface area (Å²) in [5, 5.41) is 14.0. The Bertz CT molecular complexity index is 1070. The second-order valence-corrected chi connectivity index (χ2v) is 8.08. The number of benzene rings is 2. The minimum Gasteiger partial charge on any atom is -0.511 e. The van der Waals surface area contributed by atoms with Crippen molar-refractivity contribution in [2.75, 3.05) is 26.6 Å². The maximum Gasteiger partial charge on any atom is 0.260 e. The zero-order valence-electron chi connectivity index (χ0n) is 18.3. The van der Waals surface area contributed by atoms with Gasteiger partial charge in [0.15, 0.2) is 5.75 Å². The van der Waals surface area contributed by atoms with Crippen molar-refractivity contribution in [3.05, 3.63) is 58.3 Å². The molecule has 0 fully saturated rings. The molecule has 0 saturated carbocycles. The van der Waals surface area contributed by atoms with Crippen LogP contribution < -0.4 is 19.5 Å². The summed E-state index contributed by atoms with van der Waals surface area (Å²) in [7, 11) is 4.63. The number of para-hydroxylation sites is 1. The van der Waals surface area contributed by atoms with Crippen molar-refractivity contribution in [3.63, 3.8) is 0 Å². The number of hydrogen-bond donors (Lipinski definition) is 2. The summed E-state index contributed by atoms with van der Waals surface area (Å²) in [6, 6.07) is 10.3. The highest BCUT2D eigenvalue weighted by Crippen LogP contribution is 2.34. The van der Waals surface area contributed by atoms with Crippen molar-refractivity contribution in [1.29, 1.82) is 0 Å². The molecule has 0 radical (unpaired) electrons. The second-order valence-electron chi connectivity index (χ2n) is 7.26. The minimum atomic E-state index is -0.377. The Labute approximate surface area is 197 Å². The molecule has 1 unspecified atom stereocenters. The van der Waals surface area contributed by atoms with E-state index >= 15 is 0 Å². The van der Waals surface area contributed by atoms with Crippen LogP contribution in [-0.4, -0.2) is 48.3 Å². The molecule has 0 saturated heterocycles. The van der Waals surface area contributed by atoms with Gasteiger partial charge in [0, 0.05) is 30.6 Å². The van der Waals surface area contributed by atoms with Crippen molar-refractivity contribution in [1.82, 2.24) is 4.90 Å². The number of nitrogens with one attached hydrogen (secondary N) is 1. The number of methoxy groups -OCH3 is 3. The molecule has 0 aromatic heterocycles. The van der Waals surface area contributed by atoms with E-state index in [2.05, 4.69) is 5.32 Å². The molecule has 1 amide bonds. The quantitative estimate of drug-likeness (QED) is 0.559. The van der Waals surface area contributed by atoms with Gasteiger partial charge in [0.25, 0.3) is 5.91 Å². The Morgan fingerprint density at radius 3 is 2.62 bits per heavy atom. The molecule has 7 nitrogen and oxygen atoms in total. The van der Waals surface area contributed by atoms with Crippen LogP contribution >= 0.6 is 23.8 Å². The summed E-state index contributed by atoms with van der Waals surface area (Å²) < 4.78 is 16.0. The van der Waals surface area contributed by atoms with Gasteiger partial charge in [0.1, 0.15) is 27.8 Å². The van der Waals surface area contributed by atoms with E-state index in [0.29, 0.717) is 28.0 Å². The van der Waals surface area contributed by atoms with Crippen LogP contribution in [0, 0.1) is 0 Å². The number of rotatable bonds is 7. The van der Waals surface area contributed by atoms with Crippen LogP contribution in [0.15, 0.2) is 47.7 Å². The molecular formula is C23H25ClN2O5S. The van der Waals surface area contributed by atoms with Gasteiger partial charge in [0.2, 0.25) is 0 Å². The predicted octanol–water partition coefficient (Wildman–Crippen LogP) is 4.74. The molecule has 1 aliphatic rings. The van der Waals surface area contributed by atoms with Crippen LogP contribution in [0.2, 0.25) is 5.02 Å². The van der Waals surface area contributed by atoms with Gasteiger partial charge >= 0.3 is 0 Å². The zero-order valence-corrected chi connectivity index (χ0v) is 19.8. The topological polar surface area (TPSA) is 80.3 Å². The third-order valence-corrected chi connectivity index (χ3v) is 5.87. The number of anilines is 1. The number of carbonyl (C=O) groups is 1. The zero-order chi connectivity index (χ0) is 23.4. The number of amides is 1. The number of carbonyl (C=O) groups excluding carboxylic acids is 1. The summed E-state index contributed by atoms with van der Waals surface area (Å²) in [5.41, 5.74) is 1.36. The lowest BCUT2D eigenvalue weighted by atomic mass is 9.99. The highest BCUT2D eigenvalue weighted by atomic mass is 35.5. The normalized spacial score (nSPS) is 16.1. The molecule has 1 aliphatic heterocycles. The summed E-state index contributed by atoms with van der Waals surface area (Å²) in [4.78, 5) is 15.1. The molecule has 2 aromatic carbocycles. The molecule has 9 heteroatoms. The summed E-state index contributed by atoms with van der Waals surface area (Å²) in [5.74, 6) is 1.22. The largest absolute Gasteiger partial charge is 0.511 e. The van der Waals surface area contributed by atoms with E-state index in [0.717, 1.165) is 5.56 Å². The molecule has 1 heterocycles. The molecular weight excluding hydrogens is 452 g/mol. The van der Waals surface area contributed by atoms with Gasteiger partial charge in [-0.1, -0.05) is 29.9 Å². The molecule has 0 spiro atoms. The standard InChI is InChI=1S/C23H25ClN2O5S/c1-13-10-18(27)20(22(32)25-17-7-5-6-16(24)21(17)31-4)23(28)26(13)12-14-8-9-15(29-2)11-19(14)30-3/h5-9,11,13,27H,10,12H2,1-4H3,(H,25,32). The van der Waals surface area contributed by atoms with Gasteiger partial charge in [-0.05, 0) is 31.2 Å². The van der Waals surface area contributed by atoms with E-state index in [1.165, 1.54) is 7.11 Å². The Morgan fingerprint density at radius 2 is 1.97 bits per heavy atom. The summed E-state index contributed by atoms with van der Waals surface area (Å²) in [6.07, 6.45) is 0.272.